The summed E-state index contributed by atoms with van der Waals surface area (Å²) in [6.07, 6.45) is 0. The molecule has 1 fully saturated rings. The molecule has 13 heavy (non-hydrogen) atoms. The van der Waals surface area contributed by atoms with Crippen molar-refractivity contribution < 1.29 is 0 Å². The smallest absolute Gasteiger partial charge is 0.159 e. The molecule has 0 saturated carbocycles. The second-order valence-corrected chi connectivity index (χ2v) is 4.75. The predicted octanol–water partition coefficient (Wildman–Crippen LogP) is 0.648. The molecule has 0 aromatic carbocycles. The van der Waals surface area contributed by atoms with Crippen molar-refractivity contribution in [3.63, 3.8) is 0 Å². The molecule has 6 heteroatoms. The highest BCUT2D eigenvalue weighted by Gasteiger charge is 2.17. The molecule has 0 bridgehead atoms. The van der Waals surface area contributed by atoms with E-state index in [9.17, 15) is 0 Å². The molecule has 0 unspecified atom stereocenters. The van der Waals surface area contributed by atoms with Gasteiger partial charge in [-0.3, -0.25) is 10.4 Å². The summed E-state index contributed by atoms with van der Waals surface area (Å²) in [6, 6.07) is 0. The van der Waals surface area contributed by atoms with Gasteiger partial charge in [-0.05, 0) is 0 Å². The van der Waals surface area contributed by atoms with Crippen molar-refractivity contribution in [2.45, 2.75) is 0 Å². The number of nitrogens with zero attached hydrogens (tertiary/aromatic N) is 2. The van der Waals surface area contributed by atoms with Crippen LogP contribution in [-0.2, 0) is 0 Å². The van der Waals surface area contributed by atoms with Crippen LogP contribution in [0.4, 0.5) is 0 Å². The third-order valence-electron chi connectivity index (χ3n) is 1.67. The van der Waals surface area contributed by atoms with Gasteiger partial charge in [-0.25, -0.2) is 0 Å². The minimum Gasteiger partial charge on any atom is -0.379 e. The monoisotopic (exact) mass is 218 g/mol. The van der Waals surface area contributed by atoms with Crippen LogP contribution in [0.25, 0.3) is 0 Å². The van der Waals surface area contributed by atoms with Crippen molar-refractivity contribution in [1.29, 1.82) is 5.41 Å². The van der Waals surface area contributed by atoms with Gasteiger partial charge in [0.1, 0.15) is 0 Å². The van der Waals surface area contributed by atoms with Gasteiger partial charge in [-0.2, -0.15) is 0 Å². The third-order valence-corrected chi connectivity index (χ3v) is 3.46. The van der Waals surface area contributed by atoms with Gasteiger partial charge in [0, 0.05) is 31.6 Å². The predicted molar refractivity (Wildman–Crippen MR) is 61.8 cm³/mol. The van der Waals surface area contributed by atoms with Crippen molar-refractivity contribution in [1.82, 2.24) is 4.90 Å². The van der Waals surface area contributed by atoms with Crippen LogP contribution in [0.5, 0.6) is 0 Å². The molecule has 74 valence electrons. The molecule has 0 spiro atoms. The molecule has 1 aliphatic heterocycles. The van der Waals surface area contributed by atoms with Crippen LogP contribution in [0.15, 0.2) is 4.99 Å². The molecule has 1 heterocycles. The Morgan fingerprint density at radius 1 is 1.85 bits per heavy atom. The maximum Gasteiger partial charge on any atom is 0.159 e. The minimum absolute atomic E-state index is 0.196. The van der Waals surface area contributed by atoms with E-state index in [4.69, 9.17) is 11.1 Å². The number of aliphatic imine (C=N–C) groups is 1. The maximum absolute atomic E-state index is 7.05. The number of amidine groups is 2. The highest BCUT2D eigenvalue weighted by atomic mass is 32.2. The molecular formula is C7H14N4S2. The maximum atomic E-state index is 7.05. The lowest BCUT2D eigenvalue weighted by Gasteiger charge is -2.16. The lowest BCUT2D eigenvalue weighted by atomic mass is 10.6. The summed E-state index contributed by atoms with van der Waals surface area (Å²) in [7, 11) is 1.82. The normalized spacial score (nSPS) is 19.8. The van der Waals surface area contributed by atoms with E-state index in [0.717, 1.165) is 29.8 Å². The Bertz CT molecular complexity index is 217. The summed E-state index contributed by atoms with van der Waals surface area (Å²) >= 11 is 3.18. The van der Waals surface area contributed by atoms with Gasteiger partial charge in [0.2, 0.25) is 0 Å². The Hall–Kier alpha value is -0.360. The van der Waals surface area contributed by atoms with E-state index in [1.165, 1.54) is 11.8 Å². The quantitative estimate of drug-likeness (QED) is 0.539. The van der Waals surface area contributed by atoms with Crippen molar-refractivity contribution in [3.8, 4) is 0 Å². The topological polar surface area (TPSA) is 65.5 Å². The molecule has 0 atom stereocenters. The molecule has 4 nitrogen and oxygen atoms in total. The largest absolute Gasteiger partial charge is 0.379 e. The van der Waals surface area contributed by atoms with Crippen LogP contribution in [0.2, 0.25) is 0 Å². The summed E-state index contributed by atoms with van der Waals surface area (Å²) in [4.78, 5) is 6.41. The first-order valence-electron chi connectivity index (χ1n) is 4.05. The van der Waals surface area contributed by atoms with Crippen molar-refractivity contribution in [3.05, 3.63) is 0 Å². The first-order chi connectivity index (χ1) is 6.24. The van der Waals surface area contributed by atoms with Crippen molar-refractivity contribution >= 4 is 33.9 Å². The van der Waals surface area contributed by atoms with E-state index in [1.54, 1.807) is 11.8 Å². The summed E-state index contributed by atoms with van der Waals surface area (Å²) < 4.78 is 0. The van der Waals surface area contributed by atoms with Crippen LogP contribution >= 0.6 is 23.5 Å². The highest BCUT2D eigenvalue weighted by Crippen LogP contribution is 2.17. The molecule has 1 saturated heterocycles. The first kappa shape index (κ1) is 10.7. The minimum atomic E-state index is 0.196. The van der Waals surface area contributed by atoms with Gasteiger partial charge < -0.3 is 10.6 Å². The fraction of sp³-hybridized carbons (Fsp3) is 0.714. The van der Waals surface area contributed by atoms with E-state index in [-0.39, 0.29) is 5.17 Å². The zero-order valence-corrected chi connectivity index (χ0v) is 9.25. The summed E-state index contributed by atoms with van der Waals surface area (Å²) in [5.74, 6) is 1.99. The Morgan fingerprint density at radius 2 is 2.62 bits per heavy atom. The second-order valence-electron chi connectivity index (χ2n) is 2.55. The lowest BCUT2D eigenvalue weighted by molar-refractivity contribution is 0.492. The average molecular weight is 218 g/mol. The van der Waals surface area contributed by atoms with Gasteiger partial charge in [0.05, 0.1) is 0 Å². The number of nitrogens with two attached hydrogens (primary N) is 1. The van der Waals surface area contributed by atoms with Crippen LogP contribution in [0.3, 0.4) is 0 Å². The fourth-order valence-electron chi connectivity index (χ4n) is 1.11. The molecule has 3 N–H and O–H groups in total. The number of rotatable bonds is 3. The second kappa shape index (κ2) is 5.39. The fourth-order valence-corrected chi connectivity index (χ4v) is 2.63. The van der Waals surface area contributed by atoms with Crippen LogP contribution in [-0.4, -0.2) is 46.9 Å². The van der Waals surface area contributed by atoms with E-state index < -0.39 is 0 Å². The highest BCUT2D eigenvalue weighted by molar-refractivity contribution is 8.14. The Morgan fingerprint density at radius 3 is 3.23 bits per heavy atom. The molecule has 0 aliphatic carbocycles. The zero-order chi connectivity index (χ0) is 9.68. The molecule has 0 radical (unpaired) electrons. The number of hydrogen-bond donors (Lipinski definition) is 2. The molecule has 1 aliphatic rings. The number of hydrogen-bond acceptors (Lipinski definition) is 4. The summed E-state index contributed by atoms with van der Waals surface area (Å²) in [5.41, 5.74) is 5.24. The zero-order valence-electron chi connectivity index (χ0n) is 7.62. The number of thioether (sulfide) groups is 2. The molecular weight excluding hydrogens is 204 g/mol. The van der Waals surface area contributed by atoms with Gasteiger partial charge in [-0.15, -0.1) is 0 Å². The molecule has 0 aromatic heterocycles. The van der Waals surface area contributed by atoms with Crippen molar-refractivity contribution in [2.24, 2.45) is 10.7 Å². The van der Waals surface area contributed by atoms with Crippen molar-refractivity contribution in [2.75, 3.05) is 31.6 Å². The molecule has 0 aromatic rings. The molecule has 1 rings (SSSR count). The Kier molecular flexibility index (Phi) is 4.44. The van der Waals surface area contributed by atoms with E-state index in [2.05, 4.69) is 9.89 Å². The SMILES string of the molecule is CN=C1SCCN1CCSC(=N)N. The van der Waals surface area contributed by atoms with Crippen LogP contribution in [0, 0.1) is 5.41 Å². The summed E-state index contributed by atoms with van der Waals surface area (Å²) in [5, 5.41) is 8.36. The third kappa shape index (κ3) is 3.48. The van der Waals surface area contributed by atoms with E-state index in [0.29, 0.717) is 0 Å². The van der Waals surface area contributed by atoms with Crippen LogP contribution < -0.4 is 5.73 Å². The lowest BCUT2D eigenvalue weighted by Crippen LogP contribution is -2.27. The molecule has 0 amide bonds. The Balaban J connectivity index is 2.24. The Labute approximate surface area is 86.8 Å². The van der Waals surface area contributed by atoms with Gasteiger partial charge in [0.25, 0.3) is 0 Å². The van der Waals surface area contributed by atoms with Gasteiger partial charge in [0.15, 0.2) is 10.3 Å². The van der Waals surface area contributed by atoms with Crippen LogP contribution in [0.1, 0.15) is 0 Å². The van der Waals surface area contributed by atoms with Gasteiger partial charge in [-0.1, -0.05) is 23.5 Å². The summed E-state index contributed by atoms with van der Waals surface area (Å²) in [6.45, 7) is 2.00. The van der Waals surface area contributed by atoms with E-state index in [1.807, 2.05) is 7.05 Å². The van der Waals surface area contributed by atoms with E-state index >= 15 is 0 Å². The first-order valence-corrected chi connectivity index (χ1v) is 6.02. The standard InChI is InChI=1S/C7H14N4S2/c1-10-7-11(3-5-13-7)2-4-12-6(8)9/h2-5H2,1H3,(H3,8,9). The average Bonchev–Trinajstić information content (AvgIpc) is 2.51. The van der Waals surface area contributed by atoms with Gasteiger partial charge >= 0.3 is 0 Å². The number of nitrogens with one attached hydrogen (secondary N) is 1.